The quantitative estimate of drug-likeness (QED) is 0.430. The average Bonchev–Trinajstić information content (AvgIpc) is 2.93. The van der Waals surface area contributed by atoms with Crippen LogP contribution >= 0.6 is 22.6 Å². The lowest BCUT2D eigenvalue weighted by molar-refractivity contribution is 0.0491. The number of halogens is 1. The van der Waals surface area contributed by atoms with Crippen LogP contribution in [0.25, 0.3) is 11.0 Å². The zero-order valence-corrected chi connectivity index (χ0v) is 17.1. The van der Waals surface area contributed by atoms with Gasteiger partial charge in [0, 0.05) is 20.2 Å². The van der Waals surface area contributed by atoms with Gasteiger partial charge in [0.2, 0.25) is 5.76 Å². The molecule has 1 heterocycles. The second-order valence-corrected chi connectivity index (χ2v) is 8.48. The van der Waals surface area contributed by atoms with Gasteiger partial charge in [-0.3, -0.25) is 4.72 Å². The summed E-state index contributed by atoms with van der Waals surface area (Å²) in [5.41, 5.74) is 1.45. The number of anilines is 1. The molecule has 0 amide bonds. The maximum absolute atomic E-state index is 12.6. The Morgan fingerprint density at radius 3 is 2.54 bits per heavy atom. The third-order valence-corrected chi connectivity index (χ3v) is 5.87. The molecular formula is C18H16INO5S. The summed E-state index contributed by atoms with van der Waals surface area (Å²) in [6.45, 7) is 3.63. The number of carbonyl (C=O) groups excluding carboxylic acids is 1. The van der Waals surface area contributed by atoms with Crippen molar-refractivity contribution in [2.24, 2.45) is 0 Å². The van der Waals surface area contributed by atoms with Crippen molar-refractivity contribution in [1.82, 2.24) is 0 Å². The van der Waals surface area contributed by atoms with Crippen LogP contribution in [0.2, 0.25) is 0 Å². The first-order valence-corrected chi connectivity index (χ1v) is 10.4. The summed E-state index contributed by atoms with van der Waals surface area (Å²) in [4.78, 5) is 12.0. The second-order valence-electron chi connectivity index (χ2n) is 5.55. The topological polar surface area (TPSA) is 85.6 Å². The highest BCUT2D eigenvalue weighted by molar-refractivity contribution is 14.1. The number of esters is 1. The van der Waals surface area contributed by atoms with Crippen LogP contribution in [0, 0.1) is 10.5 Å². The van der Waals surface area contributed by atoms with Crippen molar-refractivity contribution in [2.45, 2.75) is 18.7 Å². The molecule has 136 valence electrons. The number of furan rings is 1. The zero-order chi connectivity index (χ0) is 18.9. The van der Waals surface area contributed by atoms with Crippen molar-refractivity contribution in [1.29, 1.82) is 0 Å². The van der Waals surface area contributed by atoms with Crippen LogP contribution in [0.5, 0.6) is 0 Å². The molecule has 26 heavy (non-hydrogen) atoms. The fourth-order valence-corrected chi connectivity index (χ4v) is 3.93. The Morgan fingerprint density at radius 1 is 1.19 bits per heavy atom. The highest BCUT2D eigenvalue weighted by Gasteiger charge is 2.21. The summed E-state index contributed by atoms with van der Waals surface area (Å²) in [6, 6.07) is 11.5. The number of aryl methyl sites for hydroxylation is 1. The molecule has 0 fully saturated rings. The van der Waals surface area contributed by atoms with Gasteiger partial charge >= 0.3 is 5.97 Å². The van der Waals surface area contributed by atoms with Crippen LogP contribution in [0.3, 0.4) is 0 Å². The van der Waals surface area contributed by atoms with E-state index in [0.717, 1.165) is 3.57 Å². The molecule has 0 spiro atoms. The van der Waals surface area contributed by atoms with Crippen molar-refractivity contribution >= 4 is 55.2 Å². The van der Waals surface area contributed by atoms with Gasteiger partial charge in [-0.05, 0) is 78.9 Å². The van der Waals surface area contributed by atoms with Gasteiger partial charge in [-0.15, -0.1) is 0 Å². The van der Waals surface area contributed by atoms with E-state index < -0.39 is 16.0 Å². The number of rotatable bonds is 5. The van der Waals surface area contributed by atoms with Crippen LogP contribution < -0.4 is 4.72 Å². The summed E-state index contributed by atoms with van der Waals surface area (Å²) in [5.74, 6) is -0.482. The first-order valence-electron chi connectivity index (χ1n) is 7.80. The number of hydrogen-bond donors (Lipinski definition) is 1. The van der Waals surface area contributed by atoms with Crippen molar-refractivity contribution in [3.8, 4) is 0 Å². The summed E-state index contributed by atoms with van der Waals surface area (Å²) in [6.07, 6.45) is 0. The van der Waals surface area contributed by atoms with Crippen molar-refractivity contribution < 1.29 is 22.4 Å². The fraction of sp³-hybridized carbons (Fsp3) is 0.167. The van der Waals surface area contributed by atoms with E-state index in [-0.39, 0.29) is 17.3 Å². The van der Waals surface area contributed by atoms with Gasteiger partial charge in [0.05, 0.1) is 11.5 Å². The van der Waals surface area contributed by atoms with Gasteiger partial charge in [0.25, 0.3) is 10.0 Å². The lowest BCUT2D eigenvalue weighted by Crippen LogP contribution is -2.12. The van der Waals surface area contributed by atoms with Gasteiger partial charge in [-0.1, -0.05) is 0 Å². The van der Waals surface area contributed by atoms with Crippen molar-refractivity contribution in [3.05, 3.63) is 57.4 Å². The largest absolute Gasteiger partial charge is 0.460 e. The Balaban J connectivity index is 1.98. The molecule has 0 aliphatic carbocycles. The first kappa shape index (κ1) is 18.7. The Bertz CT molecular complexity index is 1070. The molecule has 0 aliphatic rings. The number of carbonyl (C=O) groups is 1. The van der Waals surface area contributed by atoms with E-state index in [0.29, 0.717) is 22.2 Å². The summed E-state index contributed by atoms with van der Waals surface area (Å²) in [7, 11) is -3.77. The van der Waals surface area contributed by atoms with Crippen LogP contribution in [0.1, 0.15) is 23.0 Å². The predicted molar refractivity (Wildman–Crippen MR) is 107 cm³/mol. The SMILES string of the molecule is CCOC(=O)c1oc2ccc(S(=O)(=O)Nc3ccc(I)cc3)cc2c1C. The number of benzene rings is 2. The molecule has 0 atom stereocenters. The molecular weight excluding hydrogens is 469 g/mol. The molecule has 3 rings (SSSR count). The molecule has 1 N–H and O–H groups in total. The van der Waals surface area contributed by atoms with Crippen LogP contribution in [-0.4, -0.2) is 21.0 Å². The van der Waals surface area contributed by atoms with E-state index in [4.69, 9.17) is 9.15 Å². The van der Waals surface area contributed by atoms with Gasteiger partial charge in [0.15, 0.2) is 0 Å². The van der Waals surface area contributed by atoms with Gasteiger partial charge in [0.1, 0.15) is 5.58 Å². The minimum absolute atomic E-state index is 0.0852. The zero-order valence-electron chi connectivity index (χ0n) is 14.1. The molecule has 8 heteroatoms. The number of hydrogen-bond acceptors (Lipinski definition) is 5. The number of ether oxygens (including phenoxy) is 1. The Morgan fingerprint density at radius 2 is 1.88 bits per heavy atom. The van der Waals surface area contributed by atoms with Crippen LogP contribution in [-0.2, 0) is 14.8 Å². The third kappa shape index (κ3) is 3.70. The van der Waals surface area contributed by atoms with E-state index in [2.05, 4.69) is 27.3 Å². The van der Waals surface area contributed by atoms with Gasteiger partial charge in [-0.25, -0.2) is 13.2 Å². The van der Waals surface area contributed by atoms with Crippen LogP contribution in [0.4, 0.5) is 5.69 Å². The molecule has 0 saturated carbocycles. The van der Waals surface area contributed by atoms with Gasteiger partial charge in [-0.2, -0.15) is 0 Å². The normalized spacial score (nSPS) is 11.5. The van der Waals surface area contributed by atoms with E-state index in [1.54, 1.807) is 26.0 Å². The fourth-order valence-electron chi connectivity index (χ4n) is 2.49. The second kappa shape index (κ2) is 7.28. The first-order chi connectivity index (χ1) is 12.3. The predicted octanol–water partition coefficient (Wildman–Crippen LogP) is 4.32. The lowest BCUT2D eigenvalue weighted by Gasteiger charge is -2.08. The molecule has 3 aromatic rings. The highest BCUT2D eigenvalue weighted by atomic mass is 127. The molecule has 0 saturated heterocycles. The van der Waals surface area contributed by atoms with Crippen LogP contribution in [0.15, 0.2) is 51.8 Å². The summed E-state index contributed by atoms with van der Waals surface area (Å²) < 4.78 is 39.3. The maximum Gasteiger partial charge on any atom is 0.374 e. The van der Waals surface area contributed by atoms with E-state index in [9.17, 15) is 13.2 Å². The summed E-state index contributed by atoms with van der Waals surface area (Å²) >= 11 is 2.15. The minimum atomic E-state index is -3.77. The molecule has 1 aromatic heterocycles. The maximum atomic E-state index is 12.6. The molecule has 2 aromatic carbocycles. The third-order valence-electron chi connectivity index (χ3n) is 3.78. The number of sulfonamides is 1. The lowest BCUT2D eigenvalue weighted by atomic mass is 10.1. The monoisotopic (exact) mass is 485 g/mol. The minimum Gasteiger partial charge on any atom is -0.460 e. The van der Waals surface area contributed by atoms with Crippen molar-refractivity contribution in [3.63, 3.8) is 0 Å². The van der Waals surface area contributed by atoms with E-state index in [1.807, 2.05) is 12.1 Å². The Kier molecular flexibility index (Phi) is 5.24. The Labute approximate surface area is 164 Å². The Hall–Kier alpha value is -2.07. The molecule has 0 aliphatic heterocycles. The summed E-state index contributed by atoms with van der Waals surface area (Å²) in [5, 5.41) is 0.554. The van der Waals surface area contributed by atoms with E-state index in [1.165, 1.54) is 18.2 Å². The number of nitrogens with one attached hydrogen (secondary N) is 1. The average molecular weight is 485 g/mol. The van der Waals surface area contributed by atoms with Gasteiger partial charge < -0.3 is 9.15 Å². The highest BCUT2D eigenvalue weighted by Crippen LogP contribution is 2.29. The molecule has 6 nitrogen and oxygen atoms in total. The van der Waals surface area contributed by atoms with E-state index >= 15 is 0 Å². The molecule has 0 unspecified atom stereocenters. The molecule has 0 radical (unpaired) electrons. The standard InChI is InChI=1S/C18H16INO5S/c1-3-24-18(21)17-11(2)15-10-14(8-9-16(15)25-17)26(22,23)20-13-6-4-12(19)5-7-13/h4-10,20H,3H2,1-2H3. The molecule has 0 bridgehead atoms. The smallest absolute Gasteiger partial charge is 0.374 e. The van der Waals surface area contributed by atoms with Crippen molar-refractivity contribution in [2.75, 3.05) is 11.3 Å². The number of fused-ring (bicyclic) bond motifs is 1.